The van der Waals surface area contributed by atoms with E-state index in [0.717, 1.165) is 23.1 Å². The molecule has 6 heteroatoms. The number of anilines is 1. The molecule has 0 spiro atoms. The van der Waals surface area contributed by atoms with Gasteiger partial charge in [-0.25, -0.2) is 15.0 Å². The molecular weight excluding hydrogens is 240 g/mol. The van der Waals surface area contributed by atoms with Gasteiger partial charge in [-0.15, -0.1) is 11.3 Å². The summed E-state index contributed by atoms with van der Waals surface area (Å²) < 4.78 is 1.14. The van der Waals surface area contributed by atoms with Crippen LogP contribution in [0.1, 0.15) is 6.42 Å². The highest BCUT2D eigenvalue weighted by molar-refractivity contribution is 8.00. The van der Waals surface area contributed by atoms with Gasteiger partial charge >= 0.3 is 0 Å². The summed E-state index contributed by atoms with van der Waals surface area (Å²) in [4.78, 5) is 12.4. The summed E-state index contributed by atoms with van der Waals surface area (Å²) >= 11 is 3.47. The van der Waals surface area contributed by atoms with Gasteiger partial charge in [0.25, 0.3) is 0 Å². The van der Waals surface area contributed by atoms with Crippen molar-refractivity contribution in [2.24, 2.45) is 0 Å². The number of thioether (sulfide) groups is 1. The third kappa shape index (κ3) is 3.79. The zero-order chi connectivity index (χ0) is 11.1. The zero-order valence-electron chi connectivity index (χ0n) is 8.67. The van der Waals surface area contributed by atoms with Crippen LogP contribution in [0.25, 0.3) is 0 Å². The maximum atomic E-state index is 4.21. The summed E-state index contributed by atoms with van der Waals surface area (Å²) in [7, 11) is 0. The Bertz CT molecular complexity index is 390. The molecule has 0 aliphatic carbocycles. The second-order valence-electron chi connectivity index (χ2n) is 3.00. The fourth-order valence-electron chi connectivity index (χ4n) is 1.10. The van der Waals surface area contributed by atoms with Gasteiger partial charge in [-0.2, -0.15) is 0 Å². The summed E-state index contributed by atoms with van der Waals surface area (Å²) in [5, 5.41) is 5.17. The van der Waals surface area contributed by atoms with E-state index in [1.165, 1.54) is 0 Å². The van der Waals surface area contributed by atoms with Crippen molar-refractivity contribution in [2.75, 3.05) is 17.6 Å². The topological polar surface area (TPSA) is 50.7 Å². The van der Waals surface area contributed by atoms with Crippen LogP contribution >= 0.6 is 23.1 Å². The van der Waals surface area contributed by atoms with Crippen molar-refractivity contribution in [1.29, 1.82) is 0 Å². The molecule has 84 valence electrons. The van der Waals surface area contributed by atoms with Crippen molar-refractivity contribution in [3.05, 3.63) is 30.0 Å². The van der Waals surface area contributed by atoms with E-state index in [-0.39, 0.29) is 0 Å². The fourth-order valence-corrected chi connectivity index (χ4v) is 2.75. The van der Waals surface area contributed by atoms with Crippen LogP contribution < -0.4 is 5.32 Å². The van der Waals surface area contributed by atoms with Crippen molar-refractivity contribution >= 4 is 29.0 Å². The Balaban J connectivity index is 1.59. The van der Waals surface area contributed by atoms with Crippen molar-refractivity contribution in [3.8, 4) is 0 Å². The molecule has 0 atom stereocenters. The minimum atomic E-state index is 0.696. The normalized spacial score (nSPS) is 10.2. The second kappa shape index (κ2) is 6.44. The average molecular weight is 252 g/mol. The number of nitrogens with zero attached hydrogens (tertiary/aromatic N) is 3. The van der Waals surface area contributed by atoms with Gasteiger partial charge < -0.3 is 5.32 Å². The molecule has 16 heavy (non-hydrogen) atoms. The number of nitrogens with one attached hydrogen (secondary N) is 1. The zero-order valence-corrected chi connectivity index (χ0v) is 10.3. The maximum Gasteiger partial charge on any atom is 0.222 e. The molecule has 0 saturated heterocycles. The lowest BCUT2D eigenvalue weighted by Gasteiger charge is -2.02. The van der Waals surface area contributed by atoms with Crippen LogP contribution in [-0.2, 0) is 0 Å². The standard InChI is InChI=1S/C10H12N4S2/c1-3-11-9(12-4-1)13-5-2-7-15-10-14-6-8-16-10/h1,3-4,6,8H,2,5,7H2,(H,11,12,13). The molecular formula is C10H12N4S2. The molecule has 0 aliphatic heterocycles. The molecule has 0 unspecified atom stereocenters. The fraction of sp³-hybridized carbons (Fsp3) is 0.300. The van der Waals surface area contributed by atoms with Crippen molar-refractivity contribution < 1.29 is 0 Å². The van der Waals surface area contributed by atoms with E-state index in [1.807, 2.05) is 17.6 Å². The summed E-state index contributed by atoms with van der Waals surface area (Å²) in [6.45, 7) is 0.891. The van der Waals surface area contributed by atoms with E-state index in [1.54, 1.807) is 35.5 Å². The van der Waals surface area contributed by atoms with Crippen LogP contribution in [0.4, 0.5) is 5.95 Å². The van der Waals surface area contributed by atoms with Crippen LogP contribution in [0, 0.1) is 0 Å². The number of aromatic nitrogens is 3. The van der Waals surface area contributed by atoms with E-state index >= 15 is 0 Å². The first-order chi connectivity index (χ1) is 7.95. The quantitative estimate of drug-likeness (QED) is 0.632. The van der Waals surface area contributed by atoms with Gasteiger partial charge in [0.15, 0.2) is 0 Å². The number of thiazole rings is 1. The monoisotopic (exact) mass is 252 g/mol. The summed E-state index contributed by atoms with van der Waals surface area (Å²) in [5.74, 6) is 1.76. The Labute approximate surface area is 103 Å². The third-order valence-electron chi connectivity index (χ3n) is 1.81. The Hall–Kier alpha value is -1.14. The number of hydrogen-bond donors (Lipinski definition) is 1. The largest absolute Gasteiger partial charge is 0.354 e. The molecule has 4 nitrogen and oxygen atoms in total. The lowest BCUT2D eigenvalue weighted by atomic mass is 10.5. The van der Waals surface area contributed by atoms with Crippen LogP contribution in [0.3, 0.4) is 0 Å². The van der Waals surface area contributed by atoms with Crippen molar-refractivity contribution in [2.45, 2.75) is 10.8 Å². The van der Waals surface area contributed by atoms with E-state index in [0.29, 0.717) is 5.95 Å². The lowest BCUT2D eigenvalue weighted by Crippen LogP contribution is -2.05. The third-order valence-corrected chi connectivity index (χ3v) is 3.86. The lowest BCUT2D eigenvalue weighted by molar-refractivity contribution is 0.961. The Morgan fingerprint density at radius 1 is 1.19 bits per heavy atom. The molecule has 2 aromatic heterocycles. The van der Waals surface area contributed by atoms with Gasteiger partial charge in [0.05, 0.1) is 0 Å². The van der Waals surface area contributed by atoms with Crippen molar-refractivity contribution in [1.82, 2.24) is 15.0 Å². The predicted octanol–water partition coefficient (Wildman–Crippen LogP) is 2.53. The van der Waals surface area contributed by atoms with Crippen LogP contribution in [0.5, 0.6) is 0 Å². The minimum Gasteiger partial charge on any atom is -0.354 e. The molecule has 0 bridgehead atoms. The van der Waals surface area contributed by atoms with Gasteiger partial charge in [-0.3, -0.25) is 0 Å². The molecule has 0 aliphatic rings. The van der Waals surface area contributed by atoms with Gasteiger partial charge in [0, 0.05) is 36.3 Å². The first-order valence-electron chi connectivity index (χ1n) is 4.98. The molecule has 0 aromatic carbocycles. The SMILES string of the molecule is c1cnc(NCCCSc2nccs2)nc1. The summed E-state index contributed by atoms with van der Waals surface area (Å²) in [6.07, 6.45) is 6.38. The van der Waals surface area contributed by atoms with E-state index in [2.05, 4.69) is 20.3 Å². The highest BCUT2D eigenvalue weighted by Crippen LogP contribution is 2.20. The van der Waals surface area contributed by atoms with Crippen LogP contribution in [0.2, 0.25) is 0 Å². The van der Waals surface area contributed by atoms with Crippen molar-refractivity contribution in [3.63, 3.8) is 0 Å². The highest BCUT2D eigenvalue weighted by Gasteiger charge is 1.96. The second-order valence-corrected chi connectivity index (χ2v) is 5.24. The molecule has 0 radical (unpaired) electrons. The number of rotatable bonds is 6. The Kier molecular flexibility index (Phi) is 4.57. The van der Waals surface area contributed by atoms with Gasteiger partial charge in [-0.1, -0.05) is 11.8 Å². The molecule has 2 rings (SSSR count). The minimum absolute atomic E-state index is 0.696. The Morgan fingerprint density at radius 3 is 2.81 bits per heavy atom. The van der Waals surface area contributed by atoms with Crippen LogP contribution in [0.15, 0.2) is 34.4 Å². The summed E-state index contributed by atoms with van der Waals surface area (Å²) in [5.41, 5.74) is 0. The Morgan fingerprint density at radius 2 is 2.06 bits per heavy atom. The summed E-state index contributed by atoms with van der Waals surface area (Å²) in [6, 6.07) is 1.81. The smallest absolute Gasteiger partial charge is 0.222 e. The van der Waals surface area contributed by atoms with Crippen LogP contribution in [-0.4, -0.2) is 27.2 Å². The van der Waals surface area contributed by atoms with Gasteiger partial charge in [0.2, 0.25) is 5.95 Å². The first-order valence-corrected chi connectivity index (χ1v) is 6.85. The molecule has 2 aromatic rings. The average Bonchev–Trinajstić information content (AvgIpc) is 2.83. The van der Waals surface area contributed by atoms with E-state index < -0.39 is 0 Å². The van der Waals surface area contributed by atoms with Gasteiger partial charge in [0.1, 0.15) is 4.34 Å². The molecule has 0 saturated carbocycles. The molecule has 1 N–H and O–H groups in total. The number of hydrogen-bond acceptors (Lipinski definition) is 6. The maximum absolute atomic E-state index is 4.21. The van der Waals surface area contributed by atoms with E-state index in [4.69, 9.17) is 0 Å². The predicted molar refractivity (Wildman–Crippen MR) is 68.0 cm³/mol. The first kappa shape index (κ1) is 11.3. The van der Waals surface area contributed by atoms with Gasteiger partial charge in [-0.05, 0) is 12.5 Å². The molecule has 2 heterocycles. The molecule has 0 amide bonds. The highest BCUT2D eigenvalue weighted by atomic mass is 32.2. The molecule has 0 fully saturated rings. The van der Waals surface area contributed by atoms with E-state index in [9.17, 15) is 0 Å².